The van der Waals surface area contributed by atoms with E-state index in [1.54, 1.807) is 7.11 Å². The maximum Gasteiger partial charge on any atom is 0.318 e. The van der Waals surface area contributed by atoms with E-state index < -0.39 is 8.38 Å². The molecule has 0 aromatic heterocycles. The molecule has 2 unspecified atom stereocenters. The van der Waals surface area contributed by atoms with E-state index in [0.29, 0.717) is 19.6 Å². The number of rotatable bonds is 9. The zero-order valence-corrected chi connectivity index (χ0v) is 13.3. The topological polar surface area (TPSA) is 44.8 Å². The third-order valence-electron chi connectivity index (χ3n) is 2.80. The summed E-state index contributed by atoms with van der Waals surface area (Å²) in [6.07, 6.45) is 1.47. The summed E-state index contributed by atoms with van der Waals surface area (Å²) in [5.74, 6) is -0.232. The summed E-state index contributed by atoms with van der Waals surface area (Å²) in [4.78, 5) is 12.1. The minimum absolute atomic E-state index is 0.232. The molecule has 0 N–H and O–H groups in total. The molecule has 4 nitrogen and oxygen atoms in total. The molecule has 0 radical (unpaired) electrons. The van der Waals surface area contributed by atoms with Crippen molar-refractivity contribution in [1.82, 2.24) is 0 Å². The lowest BCUT2D eigenvalue weighted by molar-refractivity contribution is -0.143. The van der Waals surface area contributed by atoms with Gasteiger partial charge in [-0.3, -0.25) is 4.79 Å². The van der Waals surface area contributed by atoms with E-state index in [2.05, 4.69) is 12.1 Å². The highest BCUT2D eigenvalue weighted by molar-refractivity contribution is 7.49. The zero-order valence-electron chi connectivity index (χ0n) is 12.4. The van der Waals surface area contributed by atoms with Gasteiger partial charge in [-0.2, -0.15) is 0 Å². The predicted octanol–water partition coefficient (Wildman–Crippen LogP) is 3.55. The number of aryl methyl sites for hydroxylation is 1. The van der Waals surface area contributed by atoms with Gasteiger partial charge in [0, 0.05) is 7.11 Å². The Morgan fingerprint density at radius 3 is 2.45 bits per heavy atom. The smallest absolute Gasteiger partial charge is 0.318 e. The molecule has 0 heterocycles. The molecule has 0 aliphatic rings. The summed E-state index contributed by atoms with van der Waals surface area (Å²) in [7, 11) is 0.336. The van der Waals surface area contributed by atoms with Crippen molar-refractivity contribution in [2.24, 2.45) is 0 Å². The Hall–Kier alpha value is -0.960. The molecule has 0 aliphatic heterocycles. The fourth-order valence-electron chi connectivity index (χ4n) is 1.89. The molecule has 1 aromatic rings. The Bertz CT molecular complexity index is 383. The number of ether oxygens (including phenoxy) is 1. The first-order chi connectivity index (χ1) is 9.72. The SMILES string of the molecule is CCOC(=O)C(CCc1ccccc1)P(OC)OCC. The van der Waals surface area contributed by atoms with Crippen LogP contribution in [0.2, 0.25) is 0 Å². The monoisotopic (exact) mass is 298 g/mol. The minimum Gasteiger partial charge on any atom is -0.465 e. The second-order valence-corrected chi connectivity index (χ2v) is 6.00. The summed E-state index contributed by atoms with van der Waals surface area (Å²) in [6.45, 7) is 4.61. The summed E-state index contributed by atoms with van der Waals surface area (Å²) in [5, 5.41) is 0. The van der Waals surface area contributed by atoms with Crippen LogP contribution in [0.25, 0.3) is 0 Å². The van der Waals surface area contributed by atoms with E-state index in [1.165, 1.54) is 5.56 Å². The fraction of sp³-hybridized carbons (Fsp3) is 0.533. The lowest BCUT2D eigenvalue weighted by atomic mass is 10.1. The third kappa shape index (κ3) is 5.58. The fourth-order valence-corrected chi connectivity index (χ4v) is 3.27. The minimum atomic E-state index is -1.24. The highest BCUT2D eigenvalue weighted by atomic mass is 31.2. The second kappa shape index (κ2) is 9.87. The van der Waals surface area contributed by atoms with Crippen molar-refractivity contribution in [3.05, 3.63) is 35.9 Å². The molecule has 5 heteroatoms. The van der Waals surface area contributed by atoms with Crippen molar-refractivity contribution in [1.29, 1.82) is 0 Å². The first kappa shape index (κ1) is 17.1. The van der Waals surface area contributed by atoms with Gasteiger partial charge in [0.2, 0.25) is 0 Å². The quantitative estimate of drug-likeness (QED) is 0.516. The van der Waals surface area contributed by atoms with Crippen LogP contribution in [0.1, 0.15) is 25.8 Å². The van der Waals surface area contributed by atoms with Crippen LogP contribution in [0.5, 0.6) is 0 Å². The first-order valence-electron chi connectivity index (χ1n) is 6.89. The molecular formula is C15H23O4P. The van der Waals surface area contributed by atoms with Gasteiger partial charge in [-0.15, -0.1) is 0 Å². The van der Waals surface area contributed by atoms with Crippen LogP contribution in [0.3, 0.4) is 0 Å². The molecule has 2 atom stereocenters. The van der Waals surface area contributed by atoms with Gasteiger partial charge in [-0.1, -0.05) is 30.3 Å². The molecule has 0 fully saturated rings. The summed E-state index contributed by atoms with van der Waals surface area (Å²) < 4.78 is 16.0. The van der Waals surface area contributed by atoms with Crippen LogP contribution in [0.4, 0.5) is 0 Å². The van der Waals surface area contributed by atoms with E-state index in [4.69, 9.17) is 13.8 Å². The second-order valence-electron chi connectivity index (χ2n) is 4.18. The molecule has 0 spiro atoms. The van der Waals surface area contributed by atoms with Crippen LogP contribution in [-0.2, 0) is 25.0 Å². The number of hydrogen-bond donors (Lipinski definition) is 0. The van der Waals surface area contributed by atoms with Gasteiger partial charge in [0.05, 0.1) is 13.2 Å². The van der Waals surface area contributed by atoms with E-state index in [1.807, 2.05) is 32.0 Å². The van der Waals surface area contributed by atoms with Gasteiger partial charge in [0.1, 0.15) is 5.66 Å². The molecular weight excluding hydrogens is 275 g/mol. The van der Waals surface area contributed by atoms with Gasteiger partial charge in [-0.25, -0.2) is 0 Å². The predicted molar refractivity (Wildman–Crippen MR) is 80.7 cm³/mol. The van der Waals surface area contributed by atoms with Crippen LogP contribution in [-0.4, -0.2) is 32.0 Å². The number of hydrogen-bond acceptors (Lipinski definition) is 4. The molecule has 0 saturated carbocycles. The average Bonchev–Trinajstić information content (AvgIpc) is 2.47. The van der Waals surface area contributed by atoms with Crippen molar-refractivity contribution in [3.8, 4) is 0 Å². The first-order valence-corrected chi connectivity index (χ1v) is 8.14. The molecule has 0 aliphatic carbocycles. The lowest BCUT2D eigenvalue weighted by Crippen LogP contribution is -2.24. The number of benzene rings is 1. The Labute approximate surface area is 122 Å². The normalized spacial score (nSPS) is 13.8. The maximum absolute atomic E-state index is 12.1. The van der Waals surface area contributed by atoms with Crippen LogP contribution in [0, 0.1) is 0 Å². The number of carbonyl (C=O) groups is 1. The molecule has 0 bridgehead atoms. The molecule has 0 saturated heterocycles. The highest BCUT2D eigenvalue weighted by Crippen LogP contribution is 2.45. The van der Waals surface area contributed by atoms with E-state index in [0.717, 1.165) is 6.42 Å². The summed E-state index contributed by atoms with van der Waals surface area (Å²) in [6, 6.07) is 10.1. The van der Waals surface area contributed by atoms with Crippen LogP contribution in [0.15, 0.2) is 30.3 Å². The number of esters is 1. The average molecular weight is 298 g/mol. The van der Waals surface area contributed by atoms with Gasteiger partial charge >= 0.3 is 5.97 Å². The van der Waals surface area contributed by atoms with Gasteiger partial charge in [0.15, 0.2) is 8.38 Å². The standard InChI is InChI=1S/C15H23O4P/c1-4-18-15(16)14(20(17-3)19-5-2)12-11-13-9-7-6-8-10-13/h6-10,14H,4-5,11-12H2,1-3H3. The Kier molecular flexibility index (Phi) is 8.43. The van der Waals surface area contributed by atoms with E-state index in [-0.39, 0.29) is 11.6 Å². The van der Waals surface area contributed by atoms with E-state index >= 15 is 0 Å². The molecule has 0 amide bonds. The van der Waals surface area contributed by atoms with Crippen molar-refractivity contribution in [2.75, 3.05) is 20.3 Å². The molecule has 1 rings (SSSR count). The molecule has 112 valence electrons. The zero-order chi connectivity index (χ0) is 14.8. The summed E-state index contributed by atoms with van der Waals surface area (Å²) >= 11 is 0. The van der Waals surface area contributed by atoms with E-state index in [9.17, 15) is 4.79 Å². The van der Waals surface area contributed by atoms with Gasteiger partial charge in [0.25, 0.3) is 0 Å². The van der Waals surface area contributed by atoms with Crippen LogP contribution >= 0.6 is 8.38 Å². The largest absolute Gasteiger partial charge is 0.465 e. The van der Waals surface area contributed by atoms with Crippen molar-refractivity contribution in [2.45, 2.75) is 32.3 Å². The Morgan fingerprint density at radius 2 is 1.90 bits per heavy atom. The van der Waals surface area contributed by atoms with Crippen molar-refractivity contribution in [3.63, 3.8) is 0 Å². The van der Waals surface area contributed by atoms with Gasteiger partial charge in [-0.05, 0) is 32.3 Å². The maximum atomic E-state index is 12.1. The Morgan fingerprint density at radius 1 is 1.20 bits per heavy atom. The molecule has 1 aromatic carbocycles. The van der Waals surface area contributed by atoms with Crippen molar-refractivity contribution < 1.29 is 18.6 Å². The Balaban J connectivity index is 2.68. The van der Waals surface area contributed by atoms with Crippen LogP contribution < -0.4 is 0 Å². The van der Waals surface area contributed by atoms with Crippen molar-refractivity contribution >= 4 is 14.3 Å². The summed E-state index contributed by atoms with van der Waals surface area (Å²) in [5.41, 5.74) is 0.861. The lowest BCUT2D eigenvalue weighted by Gasteiger charge is -2.23. The number of carbonyl (C=O) groups excluding carboxylic acids is 1. The van der Waals surface area contributed by atoms with Gasteiger partial charge < -0.3 is 13.8 Å². The molecule has 20 heavy (non-hydrogen) atoms. The highest BCUT2D eigenvalue weighted by Gasteiger charge is 2.31. The third-order valence-corrected chi connectivity index (χ3v) is 4.65.